The van der Waals surface area contributed by atoms with Crippen LogP contribution >= 0.6 is 7.60 Å². The van der Waals surface area contributed by atoms with Crippen LogP contribution < -0.4 is 5.32 Å². The SMILES string of the molecule is CCOC(CP(=O)(O)O)(OCC)C(=O)NCO. The molecule has 0 spiro atoms. The van der Waals surface area contributed by atoms with Crippen molar-refractivity contribution in [1.29, 1.82) is 0 Å². The summed E-state index contributed by atoms with van der Waals surface area (Å²) in [5, 5.41) is 10.6. The Morgan fingerprint density at radius 2 is 1.76 bits per heavy atom. The average Bonchev–Trinajstić information content (AvgIpc) is 2.16. The predicted molar refractivity (Wildman–Crippen MR) is 58.1 cm³/mol. The molecular weight excluding hydrogens is 253 g/mol. The summed E-state index contributed by atoms with van der Waals surface area (Å²) >= 11 is 0. The summed E-state index contributed by atoms with van der Waals surface area (Å²) in [7, 11) is -4.52. The maximum atomic E-state index is 11.7. The topological polar surface area (TPSA) is 125 Å². The number of aliphatic hydroxyl groups is 1. The van der Waals surface area contributed by atoms with Crippen LogP contribution in [0, 0.1) is 0 Å². The molecule has 102 valence electrons. The first-order valence-corrected chi connectivity index (χ1v) is 6.82. The van der Waals surface area contributed by atoms with Gasteiger partial charge in [-0.15, -0.1) is 0 Å². The first-order valence-electron chi connectivity index (χ1n) is 5.03. The lowest BCUT2D eigenvalue weighted by Gasteiger charge is -2.31. The van der Waals surface area contributed by atoms with Gasteiger partial charge in [-0.05, 0) is 13.8 Å². The summed E-state index contributed by atoms with van der Waals surface area (Å²) in [5.74, 6) is -3.00. The van der Waals surface area contributed by atoms with Gasteiger partial charge in [-0.3, -0.25) is 9.36 Å². The minimum atomic E-state index is -4.52. The van der Waals surface area contributed by atoms with E-state index < -0.39 is 32.2 Å². The Balaban J connectivity index is 5.10. The molecule has 4 N–H and O–H groups in total. The molecule has 1 amide bonds. The molecule has 0 aliphatic carbocycles. The highest BCUT2D eigenvalue weighted by atomic mass is 31.2. The monoisotopic (exact) mass is 271 g/mol. The third-order valence-electron chi connectivity index (χ3n) is 1.75. The Labute approximate surface area is 99.1 Å². The minimum Gasteiger partial charge on any atom is -0.376 e. The Morgan fingerprint density at radius 3 is 2.06 bits per heavy atom. The molecule has 9 heteroatoms. The van der Waals surface area contributed by atoms with Crippen LogP contribution in [-0.4, -0.2) is 52.7 Å². The zero-order chi connectivity index (χ0) is 13.5. The van der Waals surface area contributed by atoms with Gasteiger partial charge < -0.3 is 29.7 Å². The van der Waals surface area contributed by atoms with Crippen molar-refractivity contribution in [2.24, 2.45) is 0 Å². The number of ether oxygens (including phenoxy) is 2. The van der Waals surface area contributed by atoms with Gasteiger partial charge in [0.15, 0.2) is 0 Å². The van der Waals surface area contributed by atoms with Crippen molar-refractivity contribution in [1.82, 2.24) is 5.32 Å². The second kappa shape index (κ2) is 7.05. The lowest BCUT2D eigenvalue weighted by molar-refractivity contribution is -0.218. The van der Waals surface area contributed by atoms with Crippen LogP contribution in [0.5, 0.6) is 0 Å². The van der Waals surface area contributed by atoms with E-state index in [2.05, 4.69) is 0 Å². The molecule has 0 aromatic carbocycles. The van der Waals surface area contributed by atoms with Gasteiger partial charge in [0.05, 0.1) is 0 Å². The first kappa shape index (κ1) is 16.5. The molecule has 0 saturated heterocycles. The molecule has 17 heavy (non-hydrogen) atoms. The molecule has 0 bridgehead atoms. The number of aliphatic hydroxyl groups excluding tert-OH is 1. The highest BCUT2D eigenvalue weighted by Crippen LogP contribution is 2.40. The number of carbonyl (C=O) groups is 1. The van der Waals surface area contributed by atoms with Gasteiger partial charge in [0.1, 0.15) is 12.9 Å². The van der Waals surface area contributed by atoms with Crippen LogP contribution in [0.15, 0.2) is 0 Å². The summed E-state index contributed by atoms with van der Waals surface area (Å²) in [4.78, 5) is 29.5. The molecular formula is C8H18NO7P. The standard InChI is InChI=1S/C8H18NO7P/c1-3-15-8(16-4-2,5-17(12,13)14)7(11)9-6-10/h10H,3-6H2,1-2H3,(H,9,11)(H2,12,13,14). The van der Waals surface area contributed by atoms with Crippen molar-refractivity contribution in [3.8, 4) is 0 Å². The van der Waals surface area contributed by atoms with Crippen molar-refractivity contribution < 1.29 is 33.7 Å². The van der Waals surface area contributed by atoms with E-state index >= 15 is 0 Å². The van der Waals surface area contributed by atoms with Crippen LogP contribution in [0.4, 0.5) is 0 Å². The third-order valence-corrected chi connectivity index (χ3v) is 2.58. The molecule has 0 radical (unpaired) electrons. The van der Waals surface area contributed by atoms with Gasteiger partial charge >= 0.3 is 7.60 Å². The average molecular weight is 271 g/mol. The van der Waals surface area contributed by atoms with E-state index in [1.54, 1.807) is 13.8 Å². The lowest BCUT2D eigenvalue weighted by Crippen LogP contribution is -2.53. The fourth-order valence-electron chi connectivity index (χ4n) is 1.28. The van der Waals surface area contributed by atoms with E-state index in [0.29, 0.717) is 0 Å². The lowest BCUT2D eigenvalue weighted by atomic mass is 10.3. The second-order valence-electron chi connectivity index (χ2n) is 3.11. The Morgan fingerprint density at radius 1 is 1.29 bits per heavy atom. The van der Waals surface area contributed by atoms with Crippen molar-refractivity contribution in [2.75, 3.05) is 26.1 Å². The zero-order valence-corrected chi connectivity index (χ0v) is 10.6. The number of nitrogens with one attached hydrogen (secondary N) is 1. The molecule has 0 fully saturated rings. The van der Waals surface area contributed by atoms with Crippen LogP contribution in [0.3, 0.4) is 0 Å². The third kappa shape index (κ3) is 5.58. The molecule has 0 atom stereocenters. The van der Waals surface area contributed by atoms with E-state index in [9.17, 15) is 9.36 Å². The van der Waals surface area contributed by atoms with Gasteiger partial charge in [-0.2, -0.15) is 0 Å². The van der Waals surface area contributed by atoms with E-state index in [0.717, 1.165) is 0 Å². The van der Waals surface area contributed by atoms with Crippen molar-refractivity contribution in [3.05, 3.63) is 0 Å². The molecule has 0 unspecified atom stereocenters. The smallest absolute Gasteiger partial charge is 0.331 e. The van der Waals surface area contributed by atoms with Gasteiger partial charge in [0, 0.05) is 13.2 Å². The summed E-state index contributed by atoms with van der Waals surface area (Å²) in [6.45, 7) is 2.49. The summed E-state index contributed by atoms with van der Waals surface area (Å²) in [6.07, 6.45) is -0.909. The van der Waals surface area contributed by atoms with Gasteiger partial charge in [0.2, 0.25) is 0 Å². The minimum absolute atomic E-state index is 0.0266. The number of hydrogen-bond donors (Lipinski definition) is 4. The maximum absolute atomic E-state index is 11.7. The molecule has 0 aliphatic rings. The Hall–Kier alpha value is -0.500. The molecule has 0 aromatic rings. The maximum Gasteiger partial charge on any atom is 0.331 e. The van der Waals surface area contributed by atoms with Crippen molar-refractivity contribution in [2.45, 2.75) is 19.6 Å². The van der Waals surface area contributed by atoms with Gasteiger partial charge in [-0.25, -0.2) is 0 Å². The second-order valence-corrected chi connectivity index (χ2v) is 4.75. The van der Waals surface area contributed by atoms with E-state index in [1.165, 1.54) is 0 Å². The van der Waals surface area contributed by atoms with E-state index in [-0.39, 0.29) is 13.2 Å². The number of rotatable bonds is 8. The van der Waals surface area contributed by atoms with Crippen LogP contribution in [0.2, 0.25) is 0 Å². The molecule has 0 aliphatic heterocycles. The highest BCUT2D eigenvalue weighted by molar-refractivity contribution is 7.51. The largest absolute Gasteiger partial charge is 0.376 e. The summed E-state index contributed by atoms with van der Waals surface area (Å²) < 4.78 is 21.0. The summed E-state index contributed by atoms with van der Waals surface area (Å²) in [5.41, 5.74) is 0. The predicted octanol–water partition coefficient (Wildman–Crippen LogP) is -1.00. The van der Waals surface area contributed by atoms with Crippen LogP contribution in [0.25, 0.3) is 0 Å². The normalized spacial score (nSPS) is 12.5. The van der Waals surface area contributed by atoms with Crippen molar-refractivity contribution in [3.63, 3.8) is 0 Å². The molecule has 0 heterocycles. The Kier molecular flexibility index (Phi) is 6.84. The fourth-order valence-corrected chi connectivity index (χ4v) is 2.15. The molecule has 8 nitrogen and oxygen atoms in total. The highest BCUT2D eigenvalue weighted by Gasteiger charge is 2.45. The van der Waals surface area contributed by atoms with Crippen LogP contribution in [-0.2, 0) is 18.8 Å². The Bertz CT molecular complexity index is 284. The number of hydrogen-bond acceptors (Lipinski definition) is 5. The number of carbonyl (C=O) groups excluding carboxylic acids is 1. The van der Waals surface area contributed by atoms with Crippen molar-refractivity contribution >= 4 is 13.5 Å². The molecule has 0 saturated carbocycles. The van der Waals surface area contributed by atoms with Gasteiger partial charge in [-0.1, -0.05) is 0 Å². The summed E-state index contributed by atoms with van der Waals surface area (Å²) in [6, 6.07) is 0. The quantitative estimate of drug-likeness (QED) is 0.329. The molecule has 0 rings (SSSR count). The first-order chi connectivity index (χ1) is 7.81. The van der Waals surface area contributed by atoms with Gasteiger partial charge in [0.25, 0.3) is 11.7 Å². The van der Waals surface area contributed by atoms with Crippen LogP contribution in [0.1, 0.15) is 13.8 Å². The zero-order valence-electron chi connectivity index (χ0n) is 9.75. The van der Waals surface area contributed by atoms with E-state index in [4.69, 9.17) is 24.4 Å². The molecule has 0 aromatic heterocycles. The van der Waals surface area contributed by atoms with E-state index in [1.807, 2.05) is 5.32 Å². The number of amides is 1. The fraction of sp³-hybridized carbons (Fsp3) is 0.875.